The van der Waals surface area contributed by atoms with E-state index in [1.54, 1.807) is 17.0 Å². The Kier molecular flexibility index (Phi) is 2.54. The summed E-state index contributed by atoms with van der Waals surface area (Å²) in [5.74, 6) is -0.110. The number of hydrogen-bond acceptors (Lipinski definition) is 2. The molecule has 74 valence electrons. The fourth-order valence-corrected chi connectivity index (χ4v) is 1.91. The van der Waals surface area contributed by atoms with Crippen LogP contribution in [0.2, 0.25) is 0 Å². The van der Waals surface area contributed by atoms with Crippen LogP contribution in [0.5, 0.6) is 0 Å². The van der Waals surface area contributed by atoms with E-state index in [1.165, 1.54) is 6.07 Å². The van der Waals surface area contributed by atoms with Crippen molar-refractivity contribution < 1.29 is 9.18 Å². The standard InChI is InChI=1S/C10H9BrFNO/c11-7-1-2-10(9(12)5-7)13-4-3-8(14)6-13/h1-2,5H,3-4,6H2. The number of benzene rings is 1. The first-order valence-electron chi connectivity index (χ1n) is 4.38. The molecule has 1 saturated heterocycles. The van der Waals surface area contributed by atoms with Crippen LogP contribution in [0, 0.1) is 5.82 Å². The summed E-state index contributed by atoms with van der Waals surface area (Å²) in [6.45, 7) is 0.954. The molecule has 0 aromatic heterocycles. The molecule has 4 heteroatoms. The van der Waals surface area contributed by atoms with Crippen molar-refractivity contribution >= 4 is 27.4 Å². The van der Waals surface area contributed by atoms with E-state index in [2.05, 4.69) is 15.9 Å². The van der Waals surface area contributed by atoms with Crippen molar-refractivity contribution in [1.82, 2.24) is 0 Å². The lowest BCUT2D eigenvalue weighted by molar-refractivity contribution is -0.116. The first-order valence-corrected chi connectivity index (χ1v) is 5.18. The van der Waals surface area contributed by atoms with Gasteiger partial charge in [0.2, 0.25) is 0 Å². The molecule has 1 fully saturated rings. The average molecular weight is 258 g/mol. The van der Waals surface area contributed by atoms with Gasteiger partial charge in [-0.15, -0.1) is 0 Å². The van der Waals surface area contributed by atoms with Gasteiger partial charge < -0.3 is 4.90 Å². The summed E-state index contributed by atoms with van der Waals surface area (Å²) in [5.41, 5.74) is 0.513. The Balaban J connectivity index is 2.28. The highest BCUT2D eigenvalue weighted by Gasteiger charge is 2.21. The fourth-order valence-electron chi connectivity index (χ4n) is 1.57. The molecule has 0 saturated carbocycles. The number of rotatable bonds is 1. The van der Waals surface area contributed by atoms with Gasteiger partial charge in [-0.2, -0.15) is 0 Å². The minimum absolute atomic E-state index is 0.173. The molecule has 0 spiro atoms. The van der Waals surface area contributed by atoms with Gasteiger partial charge in [0.1, 0.15) is 5.82 Å². The second kappa shape index (κ2) is 3.69. The van der Waals surface area contributed by atoms with Gasteiger partial charge in [-0.3, -0.25) is 4.79 Å². The van der Waals surface area contributed by atoms with Gasteiger partial charge in [-0.1, -0.05) is 15.9 Å². The molecule has 0 radical (unpaired) electrons. The molecule has 1 aromatic rings. The van der Waals surface area contributed by atoms with Gasteiger partial charge in [-0.05, 0) is 18.2 Å². The highest BCUT2D eigenvalue weighted by molar-refractivity contribution is 9.10. The SMILES string of the molecule is O=C1CCN(c2ccc(Br)cc2F)C1. The summed E-state index contributed by atoms with van der Waals surface area (Å²) in [6.07, 6.45) is 0.523. The molecular formula is C10H9BrFNO. The van der Waals surface area contributed by atoms with Crippen molar-refractivity contribution in [3.63, 3.8) is 0 Å². The monoisotopic (exact) mass is 257 g/mol. The Morgan fingerprint density at radius 3 is 2.79 bits per heavy atom. The second-order valence-electron chi connectivity index (χ2n) is 3.31. The zero-order chi connectivity index (χ0) is 10.1. The van der Waals surface area contributed by atoms with Crippen LogP contribution >= 0.6 is 15.9 Å². The molecule has 1 aliphatic rings. The summed E-state index contributed by atoms with van der Waals surface area (Å²) >= 11 is 3.19. The Morgan fingerprint density at radius 1 is 1.43 bits per heavy atom. The Bertz CT molecular complexity index is 380. The molecule has 0 bridgehead atoms. The smallest absolute Gasteiger partial charge is 0.153 e. The molecule has 0 aliphatic carbocycles. The molecule has 1 heterocycles. The molecular weight excluding hydrogens is 249 g/mol. The van der Waals surface area contributed by atoms with E-state index in [-0.39, 0.29) is 11.6 Å². The molecule has 0 N–H and O–H groups in total. The van der Waals surface area contributed by atoms with E-state index in [4.69, 9.17) is 0 Å². The molecule has 0 amide bonds. The lowest BCUT2D eigenvalue weighted by Gasteiger charge is -2.17. The topological polar surface area (TPSA) is 20.3 Å². The van der Waals surface area contributed by atoms with Crippen LogP contribution in [0.1, 0.15) is 6.42 Å². The largest absolute Gasteiger partial charge is 0.361 e. The van der Waals surface area contributed by atoms with Gasteiger partial charge in [-0.25, -0.2) is 4.39 Å². The lowest BCUT2D eigenvalue weighted by Crippen LogP contribution is -2.20. The molecule has 0 atom stereocenters. The van der Waals surface area contributed by atoms with E-state index >= 15 is 0 Å². The van der Waals surface area contributed by atoms with Crippen LogP contribution in [0.3, 0.4) is 0 Å². The van der Waals surface area contributed by atoms with Crippen LogP contribution in [0.4, 0.5) is 10.1 Å². The molecule has 14 heavy (non-hydrogen) atoms. The first kappa shape index (κ1) is 9.65. The summed E-state index contributed by atoms with van der Waals surface area (Å²) in [6, 6.07) is 4.89. The van der Waals surface area contributed by atoms with Gasteiger partial charge in [0.05, 0.1) is 12.2 Å². The minimum atomic E-state index is -0.283. The summed E-state index contributed by atoms with van der Waals surface area (Å²) in [4.78, 5) is 12.8. The summed E-state index contributed by atoms with van der Waals surface area (Å²) in [7, 11) is 0. The quantitative estimate of drug-likeness (QED) is 0.770. The second-order valence-corrected chi connectivity index (χ2v) is 4.22. The van der Waals surface area contributed by atoms with E-state index in [0.29, 0.717) is 29.7 Å². The fraction of sp³-hybridized carbons (Fsp3) is 0.300. The number of carbonyl (C=O) groups is 1. The van der Waals surface area contributed by atoms with Gasteiger partial charge >= 0.3 is 0 Å². The van der Waals surface area contributed by atoms with Gasteiger partial charge in [0, 0.05) is 17.4 Å². The van der Waals surface area contributed by atoms with Crippen LogP contribution in [-0.4, -0.2) is 18.9 Å². The van der Waals surface area contributed by atoms with Crippen molar-refractivity contribution in [2.75, 3.05) is 18.0 Å². The summed E-state index contributed by atoms with van der Waals surface area (Å²) < 4.78 is 14.2. The van der Waals surface area contributed by atoms with Crippen molar-refractivity contribution in [2.45, 2.75) is 6.42 Å². The number of ketones is 1. The Hall–Kier alpha value is -0.900. The predicted octanol–water partition coefficient (Wildman–Crippen LogP) is 2.37. The maximum absolute atomic E-state index is 13.4. The maximum Gasteiger partial charge on any atom is 0.153 e. The maximum atomic E-state index is 13.4. The van der Waals surface area contributed by atoms with E-state index in [9.17, 15) is 9.18 Å². The number of halogens is 2. The highest BCUT2D eigenvalue weighted by Crippen LogP contribution is 2.25. The number of Topliss-reactive ketones (excluding diaryl/α,β-unsaturated/α-hetero) is 1. The van der Waals surface area contributed by atoms with Gasteiger partial charge in [0.25, 0.3) is 0 Å². The van der Waals surface area contributed by atoms with Gasteiger partial charge in [0.15, 0.2) is 5.78 Å². The predicted molar refractivity (Wildman–Crippen MR) is 55.9 cm³/mol. The minimum Gasteiger partial charge on any atom is -0.361 e. The Labute approximate surface area is 89.8 Å². The normalized spacial score (nSPS) is 16.4. The van der Waals surface area contributed by atoms with Crippen molar-refractivity contribution in [1.29, 1.82) is 0 Å². The number of hydrogen-bond donors (Lipinski definition) is 0. The van der Waals surface area contributed by atoms with Crippen LogP contribution in [-0.2, 0) is 4.79 Å². The van der Waals surface area contributed by atoms with E-state index < -0.39 is 0 Å². The van der Waals surface area contributed by atoms with Crippen LogP contribution in [0.15, 0.2) is 22.7 Å². The van der Waals surface area contributed by atoms with Crippen molar-refractivity contribution in [2.24, 2.45) is 0 Å². The molecule has 0 unspecified atom stereocenters. The summed E-state index contributed by atoms with van der Waals surface area (Å²) in [5, 5.41) is 0. The third-order valence-electron chi connectivity index (χ3n) is 2.28. The number of nitrogens with zero attached hydrogens (tertiary/aromatic N) is 1. The van der Waals surface area contributed by atoms with E-state index in [0.717, 1.165) is 0 Å². The number of carbonyl (C=O) groups excluding carboxylic acids is 1. The van der Waals surface area contributed by atoms with Crippen molar-refractivity contribution in [3.05, 3.63) is 28.5 Å². The zero-order valence-electron chi connectivity index (χ0n) is 7.46. The lowest BCUT2D eigenvalue weighted by atomic mass is 10.3. The highest BCUT2D eigenvalue weighted by atomic mass is 79.9. The first-order chi connectivity index (χ1) is 6.66. The Morgan fingerprint density at radius 2 is 2.21 bits per heavy atom. The molecule has 2 rings (SSSR count). The van der Waals surface area contributed by atoms with Crippen molar-refractivity contribution in [3.8, 4) is 0 Å². The molecule has 2 nitrogen and oxygen atoms in total. The molecule has 1 aliphatic heterocycles. The third-order valence-corrected chi connectivity index (χ3v) is 2.77. The average Bonchev–Trinajstić information content (AvgIpc) is 2.51. The van der Waals surface area contributed by atoms with Crippen LogP contribution < -0.4 is 4.90 Å². The molecule has 1 aromatic carbocycles. The van der Waals surface area contributed by atoms with Crippen LogP contribution in [0.25, 0.3) is 0 Å². The van der Waals surface area contributed by atoms with E-state index in [1.807, 2.05) is 0 Å². The number of anilines is 1. The third kappa shape index (κ3) is 1.80. The zero-order valence-corrected chi connectivity index (χ0v) is 9.05.